The summed E-state index contributed by atoms with van der Waals surface area (Å²) >= 11 is 0. The summed E-state index contributed by atoms with van der Waals surface area (Å²) in [6.07, 6.45) is 2.36. The molecule has 1 amide bonds. The van der Waals surface area contributed by atoms with Crippen LogP contribution in [0, 0.1) is 0 Å². The predicted molar refractivity (Wildman–Crippen MR) is 112 cm³/mol. The molecule has 2 heterocycles. The Morgan fingerprint density at radius 3 is 2.67 bits per heavy atom. The summed E-state index contributed by atoms with van der Waals surface area (Å²) in [5.41, 5.74) is 2.19. The summed E-state index contributed by atoms with van der Waals surface area (Å²) in [6, 6.07) is 11.2. The van der Waals surface area contributed by atoms with Gasteiger partial charge in [-0.25, -0.2) is 9.78 Å². The van der Waals surface area contributed by atoms with Gasteiger partial charge in [0.15, 0.2) is 11.4 Å². The van der Waals surface area contributed by atoms with Crippen molar-refractivity contribution in [3.8, 4) is 11.5 Å². The van der Waals surface area contributed by atoms with Gasteiger partial charge < -0.3 is 14.2 Å². The van der Waals surface area contributed by atoms with Crippen LogP contribution in [-0.2, 0) is 27.4 Å². The lowest BCUT2D eigenvalue weighted by molar-refractivity contribution is -0.153. The molecule has 0 aliphatic heterocycles. The lowest BCUT2D eigenvalue weighted by Crippen LogP contribution is -2.35. The number of rotatable bonds is 7. The van der Waals surface area contributed by atoms with E-state index in [1.807, 2.05) is 37.3 Å². The molecule has 0 atom stereocenters. The highest BCUT2D eigenvalue weighted by molar-refractivity contribution is 6.37. The van der Waals surface area contributed by atoms with Crippen molar-refractivity contribution in [1.82, 2.24) is 9.38 Å². The maximum Gasteiger partial charge on any atom is 0.397 e. The standard InChI is InChI=1S/C22H25N3O5/c1-5-17-20(24(3)21(26)22(27)29-6-2)25-12-8-11-18(19(25)23-17)30-14-15-9-7-10-16(13-15)28-4/h7-13H,5-6,14H2,1-4H3. The molecule has 0 saturated heterocycles. The van der Waals surface area contributed by atoms with Crippen molar-refractivity contribution in [3.05, 3.63) is 53.9 Å². The van der Waals surface area contributed by atoms with E-state index < -0.39 is 11.9 Å². The fourth-order valence-corrected chi connectivity index (χ4v) is 3.13. The van der Waals surface area contributed by atoms with Crippen LogP contribution in [0.25, 0.3) is 5.65 Å². The number of esters is 1. The van der Waals surface area contributed by atoms with Gasteiger partial charge in [-0.2, -0.15) is 0 Å². The van der Waals surface area contributed by atoms with Gasteiger partial charge in [-0.3, -0.25) is 14.1 Å². The minimum Gasteiger partial charge on any atom is -0.497 e. The number of carbonyl (C=O) groups is 2. The molecule has 0 aliphatic rings. The summed E-state index contributed by atoms with van der Waals surface area (Å²) < 4.78 is 17.8. The number of likely N-dealkylation sites (N-methyl/N-ethyl adjacent to an activating group) is 1. The first-order chi connectivity index (χ1) is 14.5. The topological polar surface area (TPSA) is 82.4 Å². The van der Waals surface area contributed by atoms with Gasteiger partial charge in [-0.05, 0) is 43.2 Å². The van der Waals surface area contributed by atoms with Crippen molar-refractivity contribution in [2.45, 2.75) is 26.9 Å². The number of hydrogen-bond donors (Lipinski definition) is 0. The molecule has 0 N–H and O–H groups in total. The molecule has 0 unspecified atom stereocenters. The Morgan fingerprint density at radius 1 is 1.17 bits per heavy atom. The molecular weight excluding hydrogens is 386 g/mol. The van der Waals surface area contributed by atoms with Crippen LogP contribution in [0.1, 0.15) is 25.1 Å². The van der Waals surface area contributed by atoms with Gasteiger partial charge in [0.1, 0.15) is 18.2 Å². The number of imidazole rings is 1. The molecule has 0 aliphatic carbocycles. The Bertz CT molecular complexity index is 1060. The molecule has 2 aromatic heterocycles. The monoisotopic (exact) mass is 411 g/mol. The molecule has 0 fully saturated rings. The molecule has 30 heavy (non-hydrogen) atoms. The average molecular weight is 411 g/mol. The van der Waals surface area contributed by atoms with E-state index in [0.717, 1.165) is 11.3 Å². The number of nitrogens with zero attached hydrogens (tertiary/aromatic N) is 3. The van der Waals surface area contributed by atoms with Crippen molar-refractivity contribution >= 4 is 23.3 Å². The van der Waals surface area contributed by atoms with E-state index in [9.17, 15) is 9.59 Å². The van der Waals surface area contributed by atoms with Gasteiger partial charge >= 0.3 is 11.9 Å². The fourth-order valence-electron chi connectivity index (χ4n) is 3.13. The highest BCUT2D eigenvalue weighted by Gasteiger charge is 2.27. The molecule has 158 valence electrons. The van der Waals surface area contributed by atoms with E-state index in [0.29, 0.717) is 35.9 Å². The van der Waals surface area contributed by atoms with Gasteiger partial charge in [-0.15, -0.1) is 0 Å². The second-order valence-corrected chi connectivity index (χ2v) is 6.53. The molecule has 0 radical (unpaired) electrons. The maximum atomic E-state index is 12.5. The number of fused-ring (bicyclic) bond motifs is 1. The minimum atomic E-state index is -0.901. The van der Waals surface area contributed by atoms with Crippen molar-refractivity contribution in [1.29, 1.82) is 0 Å². The van der Waals surface area contributed by atoms with E-state index in [1.54, 1.807) is 30.7 Å². The van der Waals surface area contributed by atoms with Crippen LogP contribution in [0.4, 0.5) is 5.82 Å². The third kappa shape index (κ3) is 4.22. The van der Waals surface area contributed by atoms with Gasteiger partial charge in [0, 0.05) is 13.2 Å². The minimum absolute atomic E-state index is 0.133. The normalized spacial score (nSPS) is 10.7. The average Bonchev–Trinajstić information content (AvgIpc) is 3.16. The zero-order valence-electron chi connectivity index (χ0n) is 17.5. The van der Waals surface area contributed by atoms with Crippen molar-refractivity contribution in [3.63, 3.8) is 0 Å². The highest BCUT2D eigenvalue weighted by atomic mass is 16.5. The Labute approximate surface area is 175 Å². The first kappa shape index (κ1) is 21.2. The third-order valence-electron chi connectivity index (χ3n) is 4.59. The highest BCUT2D eigenvalue weighted by Crippen LogP contribution is 2.29. The zero-order valence-corrected chi connectivity index (χ0v) is 17.5. The van der Waals surface area contributed by atoms with E-state index in [2.05, 4.69) is 4.98 Å². The molecular formula is C22H25N3O5. The van der Waals surface area contributed by atoms with E-state index in [1.165, 1.54) is 11.9 Å². The molecule has 0 bridgehead atoms. The second kappa shape index (κ2) is 9.30. The van der Waals surface area contributed by atoms with Gasteiger partial charge in [0.05, 0.1) is 19.4 Å². The quantitative estimate of drug-likeness (QED) is 0.439. The van der Waals surface area contributed by atoms with Crippen LogP contribution in [-0.4, -0.2) is 42.0 Å². The zero-order chi connectivity index (χ0) is 21.7. The van der Waals surface area contributed by atoms with Crippen molar-refractivity contribution in [2.24, 2.45) is 0 Å². The third-order valence-corrected chi connectivity index (χ3v) is 4.59. The molecule has 1 aromatic carbocycles. The van der Waals surface area contributed by atoms with Crippen LogP contribution in [0.3, 0.4) is 0 Å². The number of aryl methyl sites for hydroxylation is 1. The maximum absolute atomic E-state index is 12.5. The largest absolute Gasteiger partial charge is 0.497 e. The van der Waals surface area contributed by atoms with Crippen LogP contribution in [0.15, 0.2) is 42.6 Å². The molecule has 3 aromatic rings. The molecule has 0 saturated carbocycles. The summed E-state index contributed by atoms with van der Waals surface area (Å²) in [4.78, 5) is 30.3. The van der Waals surface area contributed by atoms with Gasteiger partial charge in [-0.1, -0.05) is 19.1 Å². The van der Waals surface area contributed by atoms with E-state index in [4.69, 9.17) is 14.2 Å². The summed E-state index contributed by atoms with van der Waals surface area (Å²) in [7, 11) is 3.15. The van der Waals surface area contributed by atoms with Crippen molar-refractivity contribution < 1.29 is 23.8 Å². The Morgan fingerprint density at radius 2 is 1.97 bits per heavy atom. The van der Waals surface area contributed by atoms with E-state index in [-0.39, 0.29) is 6.61 Å². The lowest BCUT2D eigenvalue weighted by Gasteiger charge is -2.17. The molecule has 0 spiro atoms. The Kier molecular flexibility index (Phi) is 6.56. The van der Waals surface area contributed by atoms with Crippen LogP contribution in [0.5, 0.6) is 11.5 Å². The van der Waals surface area contributed by atoms with Crippen molar-refractivity contribution in [2.75, 3.05) is 25.7 Å². The van der Waals surface area contributed by atoms with Crippen LogP contribution >= 0.6 is 0 Å². The first-order valence-electron chi connectivity index (χ1n) is 9.70. The number of hydrogen-bond acceptors (Lipinski definition) is 6. The summed E-state index contributed by atoms with van der Waals surface area (Å²) in [5, 5.41) is 0. The van der Waals surface area contributed by atoms with E-state index >= 15 is 0 Å². The number of benzene rings is 1. The number of aromatic nitrogens is 2. The lowest BCUT2D eigenvalue weighted by atomic mass is 10.2. The Hall–Kier alpha value is -3.55. The summed E-state index contributed by atoms with van der Waals surface area (Å²) in [6.45, 7) is 4.06. The number of pyridine rings is 1. The smallest absolute Gasteiger partial charge is 0.397 e. The number of amides is 1. The number of anilines is 1. The first-order valence-corrected chi connectivity index (χ1v) is 9.70. The predicted octanol–water partition coefficient (Wildman–Crippen LogP) is 3.01. The molecule has 8 nitrogen and oxygen atoms in total. The van der Waals surface area contributed by atoms with Crippen LogP contribution < -0.4 is 14.4 Å². The SMILES string of the molecule is CCOC(=O)C(=O)N(C)c1c(CC)nc2c(OCc3cccc(OC)c3)cccn12. The molecule has 3 rings (SSSR count). The number of ether oxygens (including phenoxy) is 3. The van der Waals surface area contributed by atoms with Gasteiger partial charge in [0.25, 0.3) is 0 Å². The Balaban J connectivity index is 1.93. The number of carbonyl (C=O) groups excluding carboxylic acids is 2. The fraction of sp³-hybridized carbons (Fsp3) is 0.318. The second-order valence-electron chi connectivity index (χ2n) is 6.53. The van der Waals surface area contributed by atoms with Crippen LogP contribution in [0.2, 0.25) is 0 Å². The molecule has 8 heteroatoms. The number of methoxy groups -OCH3 is 1. The summed E-state index contributed by atoms with van der Waals surface area (Å²) in [5.74, 6) is 0.180. The van der Waals surface area contributed by atoms with Gasteiger partial charge in [0.2, 0.25) is 0 Å².